The molecule has 0 bridgehead atoms. The SMILES string of the molecule is Cc1nn(C)c2nc(-c3ccccc3)cc(C(=O)NCc3ccccc3S(=O)(=O)N(C)C)c12. The van der Waals surface area contributed by atoms with Gasteiger partial charge >= 0.3 is 0 Å². The van der Waals surface area contributed by atoms with Gasteiger partial charge in [0, 0.05) is 33.3 Å². The highest BCUT2D eigenvalue weighted by atomic mass is 32.2. The smallest absolute Gasteiger partial charge is 0.252 e. The number of fused-ring (bicyclic) bond motifs is 1. The van der Waals surface area contributed by atoms with Gasteiger partial charge in [0.1, 0.15) is 0 Å². The van der Waals surface area contributed by atoms with Crippen molar-refractivity contribution in [1.29, 1.82) is 0 Å². The molecule has 8 nitrogen and oxygen atoms in total. The van der Waals surface area contributed by atoms with Crippen LogP contribution in [0.15, 0.2) is 65.6 Å². The first-order valence-corrected chi connectivity index (χ1v) is 11.8. The van der Waals surface area contributed by atoms with E-state index >= 15 is 0 Å². The van der Waals surface area contributed by atoms with Crippen molar-refractivity contribution in [3.8, 4) is 11.3 Å². The Labute approximate surface area is 192 Å². The summed E-state index contributed by atoms with van der Waals surface area (Å²) in [7, 11) is 1.11. The van der Waals surface area contributed by atoms with Crippen LogP contribution in [0, 0.1) is 6.92 Å². The third-order valence-corrected chi connectivity index (χ3v) is 7.37. The maximum absolute atomic E-state index is 13.3. The molecule has 0 aliphatic heterocycles. The molecule has 33 heavy (non-hydrogen) atoms. The number of carbonyl (C=O) groups is 1. The number of hydrogen-bond acceptors (Lipinski definition) is 5. The highest BCUT2D eigenvalue weighted by molar-refractivity contribution is 7.89. The lowest BCUT2D eigenvalue weighted by Gasteiger charge is -2.16. The van der Waals surface area contributed by atoms with Crippen molar-refractivity contribution in [3.63, 3.8) is 0 Å². The molecule has 0 saturated carbocycles. The molecular formula is C24H25N5O3S. The number of sulfonamides is 1. The molecule has 0 fully saturated rings. The van der Waals surface area contributed by atoms with Crippen molar-refractivity contribution >= 4 is 27.0 Å². The zero-order chi connectivity index (χ0) is 23.8. The standard InChI is InChI=1S/C24H25N5O3S/c1-16-22-19(14-20(17-10-6-5-7-11-17)26-23(22)29(4)27-16)24(30)25-15-18-12-8-9-13-21(18)33(31,32)28(2)3/h5-14H,15H2,1-4H3,(H,25,30). The minimum absolute atomic E-state index is 0.0614. The fourth-order valence-corrected chi connectivity index (χ4v) is 4.87. The van der Waals surface area contributed by atoms with Crippen molar-refractivity contribution in [1.82, 2.24) is 24.4 Å². The van der Waals surface area contributed by atoms with Crippen LogP contribution >= 0.6 is 0 Å². The summed E-state index contributed by atoms with van der Waals surface area (Å²) in [6.45, 7) is 1.90. The van der Waals surface area contributed by atoms with Crippen molar-refractivity contribution in [2.45, 2.75) is 18.4 Å². The summed E-state index contributed by atoms with van der Waals surface area (Å²) in [6, 6.07) is 18.0. The topological polar surface area (TPSA) is 97.2 Å². The lowest BCUT2D eigenvalue weighted by atomic mass is 10.0. The first kappa shape index (κ1) is 22.6. The molecule has 1 N–H and O–H groups in total. The van der Waals surface area contributed by atoms with E-state index in [4.69, 9.17) is 4.98 Å². The van der Waals surface area contributed by atoms with Gasteiger partial charge < -0.3 is 5.32 Å². The minimum Gasteiger partial charge on any atom is -0.348 e. The number of hydrogen-bond donors (Lipinski definition) is 1. The highest BCUT2D eigenvalue weighted by Gasteiger charge is 2.22. The molecule has 0 atom stereocenters. The zero-order valence-corrected chi connectivity index (χ0v) is 19.7. The Morgan fingerprint density at radius 3 is 2.42 bits per heavy atom. The fourth-order valence-electron chi connectivity index (χ4n) is 3.75. The van der Waals surface area contributed by atoms with Gasteiger partial charge in [-0.1, -0.05) is 48.5 Å². The molecule has 0 saturated heterocycles. The molecule has 0 unspecified atom stereocenters. The quantitative estimate of drug-likeness (QED) is 0.474. The first-order valence-electron chi connectivity index (χ1n) is 10.4. The van der Waals surface area contributed by atoms with E-state index in [1.807, 2.05) is 37.3 Å². The second-order valence-corrected chi connectivity index (χ2v) is 10.0. The van der Waals surface area contributed by atoms with Gasteiger partial charge in [0.05, 0.1) is 27.2 Å². The molecule has 1 amide bonds. The number of nitrogens with one attached hydrogen (secondary N) is 1. The third kappa shape index (κ3) is 4.24. The molecule has 2 heterocycles. The molecule has 4 aromatic rings. The monoisotopic (exact) mass is 463 g/mol. The molecule has 0 aliphatic rings. The number of benzene rings is 2. The van der Waals surface area contributed by atoms with Crippen LogP contribution in [-0.2, 0) is 23.6 Å². The summed E-state index contributed by atoms with van der Waals surface area (Å²) in [5.41, 5.74) is 3.80. The predicted octanol–water partition coefficient (Wildman–Crippen LogP) is 3.12. The number of pyridine rings is 1. The molecule has 9 heteroatoms. The summed E-state index contributed by atoms with van der Waals surface area (Å²) in [5.74, 6) is -0.326. The van der Waals surface area contributed by atoms with E-state index in [1.165, 1.54) is 14.1 Å². The second-order valence-electron chi connectivity index (χ2n) is 7.91. The summed E-state index contributed by atoms with van der Waals surface area (Å²) in [5, 5.41) is 8.00. The number of aryl methyl sites for hydroxylation is 2. The molecule has 0 spiro atoms. The van der Waals surface area contributed by atoms with E-state index in [-0.39, 0.29) is 17.3 Å². The van der Waals surface area contributed by atoms with E-state index in [1.54, 1.807) is 42.1 Å². The zero-order valence-electron chi connectivity index (χ0n) is 18.9. The van der Waals surface area contributed by atoms with Crippen LogP contribution in [-0.4, -0.2) is 47.5 Å². The van der Waals surface area contributed by atoms with Crippen LogP contribution in [0.5, 0.6) is 0 Å². The van der Waals surface area contributed by atoms with Gasteiger partial charge in [0.15, 0.2) is 5.65 Å². The lowest BCUT2D eigenvalue weighted by molar-refractivity contribution is 0.0952. The summed E-state index contributed by atoms with van der Waals surface area (Å²) in [6.07, 6.45) is 0. The first-order chi connectivity index (χ1) is 15.7. The van der Waals surface area contributed by atoms with Gasteiger partial charge in [-0.05, 0) is 24.6 Å². The van der Waals surface area contributed by atoms with Crippen LogP contribution in [0.25, 0.3) is 22.3 Å². The average molecular weight is 464 g/mol. The summed E-state index contributed by atoms with van der Waals surface area (Å²) >= 11 is 0. The molecule has 0 aliphatic carbocycles. The Hall–Kier alpha value is -3.56. The maximum atomic E-state index is 13.3. The Kier molecular flexibility index (Phi) is 6.01. The van der Waals surface area contributed by atoms with E-state index in [0.29, 0.717) is 33.5 Å². The Bertz CT molecular complexity index is 1440. The van der Waals surface area contributed by atoms with Crippen molar-refractivity contribution in [2.75, 3.05) is 14.1 Å². The number of nitrogens with zero attached hydrogens (tertiary/aromatic N) is 4. The number of rotatable bonds is 6. The summed E-state index contributed by atoms with van der Waals surface area (Å²) < 4.78 is 28.2. The van der Waals surface area contributed by atoms with Crippen molar-refractivity contribution in [2.24, 2.45) is 7.05 Å². The Balaban J connectivity index is 1.73. The van der Waals surface area contributed by atoms with Crippen molar-refractivity contribution in [3.05, 3.63) is 77.5 Å². The van der Waals surface area contributed by atoms with Gasteiger partial charge in [0.25, 0.3) is 5.91 Å². The molecular weight excluding hydrogens is 438 g/mol. The van der Waals surface area contributed by atoms with Crippen LogP contribution < -0.4 is 5.32 Å². The van der Waals surface area contributed by atoms with E-state index in [0.717, 1.165) is 9.87 Å². The molecule has 170 valence electrons. The van der Waals surface area contributed by atoms with Crippen LogP contribution in [0.1, 0.15) is 21.6 Å². The molecule has 0 radical (unpaired) electrons. The van der Waals surface area contributed by atoms with Crippen molar-refractivity contribution < 1.29 is 13.2 Å². The predicted molar refractivity (Wildman–Crippen MR) is 127 cm³/mol. The minimum atomic E-state index is -3.64. The summed E-state index contributed by atoms with van der Waals surface area (Å²) in [4.78, 5) is 18.2. The number of aromatic nitrogens is 3. The largest absolute Gasteiger partial charge is 0.348 e. The normalized spacial score (nSPS) is 11.8. The third-order valence-electron chi connectivity index (χ3n) is 5.45. The van der Waals surface area contributed by atoms with Crippen LogP contribution in [0.2, 0.25) is 0 Å². The van der Waals surface area contributed by atoms with Crippen LogP contribution in [0.4, 0.5) is 0 Å². The Morgan fingerprint density at radius 1 is 1.06 bits per heavy atom. The molecule has 2 aromatic carbocycles. The Morgan fingerprint density at radius 2 is 1.73 bits per heavy atom. The lowest BCUT2D eigenvalue weighted by Crippen LogP contribution is -2.27. The molecule has 2 aromatic heterocycles. The van der Waals surface area contributed by atoms with E-state index in [2.05, 4.69) is 10.4 Å². The number of carbonyl (C=O) groups excluding carboxylic acids is 1. The van der Waals surface area contributed by atoms with Gasteiger partial charge in [-0.3, -0.25) is 9.48 Å². The average Bonchev–Trinajstić information content (AvgIpc) is 3.10. The van der Waals surface area contributed by atoms with Crippen LogP contribution in [0.3, 0.4) is 0 Å². The second kappa shape index (κ2) is 8.76. The maximum Gasteiger partial charge on any atom is 0.252 e. The molecule has 4 rings (SSSR count). The van der Waals surface area contributed by atoms with E-state index < -0.39 is 10.0 Å². The van der Waals surface area contributed by atoms with Gasteiger partial charge in [0.2, 0.25) is 10.0 Å². The van der Waals surface area contributed by atoms with E-state index in [9.17, 15) is 13.2 Å². The van der Waals surface area contributed by atoms with Gasteiger partial charge in [-0.25, -0.2) is 17.7 Å². The fraction of sp³-hybridized carbons (Fsp3) is 0.208. The van der Waals surface area contributed by atoms with Gasteiger partial charge in [-0.15, -0.1) is 0 Å². The highest BCUT2D eigenvalue weighted by Crippen LogP contribution is 2.27. The van der Waals surface area contributed by atoms with Gasteiger partial charge in [-0.2, -0.15) is 5.10 Å². The number of amides is 1.